The molecule has 1 spiro atoms. The second kappa shape index (κ2) is 1.93. The molecule has 0 saturated heterocycles. The van der Waals surface area contributed by atoms with Crippen molar-refractivity contribution in [3.63, 3.8) is 0 Å². The van der Waals surface area contributed by atoms with Gasteiger partial charge in [-0.1, -0.05) is 6.42 Å². The Morgan fingerprint density at radius 3 is 3.33 bits per heavy atom. The smallest absolute Gasteiger partial charge is 0.331 e. The molecule has 0 aromatic rings. The Morgan fingerprint density at radius 2 is 2.42 bits per heavy atom. The minimum atomic E-state index is -0.102. The van der Waals surface area contributed by atoms with Crippen molar-refractivity contribution in [2.45, 2.75) is 37.7 Å². The molecule has 0 radical (unpaired) electrons. The zero-order valence-corrected chi connectivity index (χ0v) is 7.01. The third-order valence-electron chi connectivity index (χ3n) is 3.42. The molecule has 0 aromatic heterocycles. The van der Waals surface area contributed by atoms with Crippen LogP contribution in [0.25, 0.3) is 0 Å². The lowest BCUT2D eigenvalue weighted by atomic mass is 10.0. The van der Waals surface area contributed by atoms with Crippen LogP contribution in [0, 0.1) is 5.92 Å². The number of rotatable bonds is 0. The van der Waals surface area contributed by atoms with E-state index < -0.39 is 0 Å². The number of hydrogen-bond donors (Lipinski definition) is 0. The SMILES string of the molecule is O=C1C=C2CCCCC3CC23O1. The van der Waals surface area contributed by atoms with Crippen molar-refractivity contribution in [2.24, 2.45) is 5.92 Å². The third-order valence-corrected chi connectivity index (χ3v) is 3.42. The molecule has 2 nitrogen and oxygen atoms in total. The molecule has 2 aliphatic carbocycles. The van der Waals surface area contributed by atoms with Gasteiger partial charge in [0.15, 0.2) is 0 Å². The van der Waals surface area contributed by atoms with Gasteiger partial charge in [-0.2, -0.15) is 0 Å². The van der Waals surface area contributed by atoms with E-state index in [1.54, 1.807) is 6.08 Å². The van der Waals surface area contributed by atoms with Crippen LogP contribution in [0.2, 0.25) is 0 Å². The van der Waals surface area contributed by atoms with Crippen LogP contribution >= 0.6 is 0 Å². The summed E-state index contributed by atoms with van der Waals surface area (Å²) in [6.07, 6.45) is 7.71. The Kier molecular flexibility index (Phi) is 1.07. The average molecular weight is 164 g/mol. The molecule has 3 aliphatic rings. The van der Waals surface area contributed by atoms with Crippen molar-refractivity contribution >= 4 is 5.97 Å². The monoisotopic (exact) mass is 164 g/mol. The Morgan fingerprint density at radius 1 is 1.50 bits per heavy atom. The number of hydrogen-bond acceptors (Lipinski definition) is 2. The topological polar surface area (TPSA) is 26.3 Å². The first-order chi connectivity index (χ1) is 5.81. The number of carbonyl (C=O) groups is 1. The summed E-state index contributed by atoms with van der Waals surface area (Å²) in [4.78, 5) is 11.1. The van der Waals surface area contributed by atoms with Crippen LogP contribution in [0.15, 0.2) is 11.6 Å². The quantitative estimate of drug-likeness (QED) is 0.510. The third kappa shape index (κ3) is 0.680. The molecule has 12 heavy (non-hydrogen) atoms. The van der Waals surface area contributed by atoms with E-state index in [0.29, 0.717) is 5.92 Å². The van der Waals surface area contributed by atoms with Gasteiger partial charge in [-0.25, -0.2) is 4.79 Å². The van der Waals surface area contributed by atoms with Crippen molar-refractivity contribution in [3.8, 4) is 0 Å². The minimum absolute atomic E-state index is 0.0758. The van der Waals surface area contributed by atoms with E-state index in [-0.39, 0.29) is 11.6 Å². The molecular formula is C10H12O2. The number of ether oxygens (including phenoxy) is 1. The van der Waals surface area contributed by atoms with Crippen molar-refractivity contribution in [1.29, 1.82) is 0 Å². The van der Waals surface area contributed by atoms with Gasteiger partial charge in [0.2, 0.25) is 0 Å². The van der Waals surface area contributed by atoms with Gasteiger partial charge >= 0.3 is 5.97 Å². The molecule has 2 saturated carbocycles. The molecule has 0 N–H and O–H groups in total. The van der Waals surface area contributed by atoms with Crippen LogP contribution in [0.5, 0.6) is 0 Å². The fourth-order valence-corrected chi connectivity index (χ4v) is 2.69. The van der Waals surface area contributed by atoms with Gasteiger partial charge in [0.1, 0.15) is 5.60 Å². The molecule has 2 atom stereocenters. The Balaban J connectivity index is 1.99. The Labute approximate surface area is 71.6 Å². The summed E-state index contributed by atoms with van der Waals surface area (Å²) in [5, 5.41) is 0. The van der Waals surface area contributed by atoms with Crippen LogP contribution in [0.1, 0.15) is 32.1 Å². The lowest BCUT2D eigenvalue weighted by Gasteiger charge is -2.11. The summed E-state index contributed by atoms with van der Waals surface area (Å²) in [7, 11) is 0. The maximum Gasteiger partial charge on any atom is 0.331 e. The Hall–Kier alpha value is -0.790. The van der Waals surface area contributed by atoms with E-state index >= 15 is 0 Å². The van der Waals surface area contributed by atoms with Crippen molar-refractivity contribution in [1.82, 2.24) is 0 Å². The summed E-state index contributed by atoms with van der Waals surface area (Å²) in [5.74, 6) is 0.562. The van der Waals surface area contributed by atoms with Gasteiger partial charge < -0.3 is 4.74 Å². The highest BCUT2D eigenvalue weighted by Gasteiger charge is 2.62. The lowest BCUT2D eigenvalue weighted by Crippen LogP contribution is -2.15. The van der Waals surface area contributed by atoms with Crippen molar-refractivity contribution < 1.29 is 9.53 Å². The van der Waals surface area contributed by atoms with Gasteiger partial charge in [0.05, 0.1) is 0 Å². The summed E-state index contributed by atoms with van der Waals surface area (Å²) >= 11 is 0. The van der Waals surface area contributed by atoms with Crippen molar-refractivity contribution in [2.75, 3.05) is 0 Å². The molecule has 3 rings (SSSR count). The predicted molar refractivity (Wildman–Crippen MR) is 43.5 cm³/mol. The van der Waals surface area contributed by atoms with E-state index in [1.807, 2.05) is 0 Å². The fraction of sp³-hybridized carbons (Fsp3) is 0.700. The number of esters is 1. The van der Waals surface area contributed by atoms with Crippen LogP contribution in [0.4, 0.5) is 0 Å². The lowest BCUT2D eigenvalue weighted by molar-refractivity contribution is -0.140. The molecule has 1 heterocycles. The highest BCUT2D eigenvalue weighted by Crippen LogP contribution is 2.59. The molecule has 2 fully saturated rings. The average Bonchev–Trinajstić information content (AvgIpc) is 2.63. The first-order valence-corrected chi connectivity index (χ1v) is 4.75. The molecule has 0 amide bonds. The fourth-order valence-electron chi connectivity index (χ4n) is 2.69. The second-order valence-corrected chi connectivity index (χ2v) is 4.13. The van der Waals surface area contributed by atoms with Crippen LogP contribution in [0.3, 0.4) is 0 Å². The number of carbonyl (C=O) groups excluding carboxylic acids is 1. The Bertz CT molecular complexity index is 280. The maximum atomic E-state index is 11.1. The summed E-state index contributed by atoms with van der Waals surface area (Å²) in [5.41, 5.74) is 1.21. The first-order valence-electron chi connectivity index (χ1n) is 4.75. The van der Waals surface area contributed by atoms with E-state index in [2.05, 4.69) is 0 Å². The highest BCUT2D eigenvalue weighted by molar-refractivity contribution is 5.87. The predicted octanol–water partition coefficient (Wildman–Crippen LogP) is 1.80. The zero-order valence-electron chi connectivity index (χ0n) is 7.01. The van der Waals surface area contributed by atoms with Crippen LogP contribution in [-0.2, 0) is 9.53 Å². The van der Waals surface area contributed by atoms with Crippen molar-refractivity contribution in [3.05, 3.63) is 11.6 Å². The van der Waals surface area contributed by atoms with Crippen LogP contribution in [-0.4, -0.2) is 11.6 Å². The molecule has 0 bridgehead atoms. The maximum absolute atomic E-state index is 11.1. The molecule has 2 heteroatoms. The summed E-state index contributed by atoms with van der Waals surface area (Å²) in [6, 6.07) is 0. The zero-order chi connectivity index (χ0) is 8.18. The minimum Gasteiger partial charge on any atom is -0.451 e. The normalized spacial score (nSPS) is 43.8. The standard InChI is InChI=1S/C10H12O2/c11-9-5-7-3-1-2-4-8-6-10(7,8)12-9/h5,8H,1-4,6H2. The van der Waals surface area contributed by atoms with Crippen LogP contribution < -0.4 is 0 Å². The largest absolute Gasteiger partial charge is 0.451 e. The van der Waals surface area contributed by atoms with Gasteiger partial charge in [-0.3, -0.25) is 0 Å². The molecule has 64 valence electrons. The molecular weight excluding hydrogens is 152 g/mol. The summed E-state index contributed by atoms with van der Waals surface area (Å²) in [6.45, 7) is 0. The highest BCUT2D eigenvalue weighted by atomic mass is 16.6. The van der Waals surface area contributed by atoms with E-state index in [9.17, 15) is 4.79 Å². The second-order valence-electron chi connectivity index (χ2n) is 4.13. The van der Waals surface area contributed by atoms with Gasteiger partial charge in [-0.15, -0.1) is 0 Å². The van der Waals surface area contributed by atoms with E-state index in [4.69, 9.17) is 4.74 Å². The van der Waals surface area contributed by atoms with Gasteiger partial charge in [-0.05, 0) is 31.3 Å². The van der Waals surface area contributed by atoms with E-state index in [1.165, 1.54) is 24.8 Å². The first kappa shape index (κ1) is 6.70. The van der Waals surface area contributed by atoms with Gasteiger partial charge in [0, 0.05) is 12.0 Å². The molecule has 2 unspecified atom stereocenters. The van der Waals surface area contributed by atoms with Gasteiger partial charge in [0.25, 0.3) is 0 Å². The molecule has 1 aliphatic heterocycles. The summed E-state index contributed by atoms with van der Waals surface area (Å²) < 4.78 is 5.38. The molecule has 0 aromatic carbocycles. The van der Waals surface area contributed by atoms with E-state index in [0.717, 1.165) is 12.8 Å².